The first-order valence-electron chi connectivity index (χ1n) is 21.6. The number of esters is 4. The molecule has 0 amide bonds. The second kappa shape index (κ2) is 33.2. The third-order valence-corrected chi connectivity index (χ3v) is 9.75. The number of hydrogen-bond donors (Lipinski definition) is 4. The molecule has 0 aromatic heterocycles. The van der Waals surface area contributed by atoms with Crippen LogP contribution in [0.4, 0.5) is 0 Å². The summed E-state index contributed by atoms with van der Waals surface area (Å²) in [5.74, 6) is -3.62. The SMILES string of the molecule is CCCCC[C@@H](O)C[C@@H](C)CC(=O)O[C@H](CCCCC)C[C@@H](O)CC(=O)O[C@H](CCCCC)C[C@H](CC(=O)O[C@H](CCCCC)C[C@@H](O)CC(=O)O)OC(C)=O. The monoisotopic (exact) mass is 803 g/mol. The van der Waals surface area contributed by atoms with Crippen molar-refractivity contribution in [2.75, 3.05) is 0 Å². The highest BCUT2D eigenvalue weighted by Gasteiger charge is 2.29. The Balaban J connectivity index is 5.57. The molecular formula is C43H78O13. The zero-order chi connectivity index (χ0) is 42.3. The molecule has 8 atom stereocenters. The zero-order valence-corrected chi connectivity index (χ0v) is 35.6. The van der Waals surface area contributed by atoms with Crippen LogP contribution in [0.15, 0.2) is 0 Å². The van der Waals surface area contributed by atoms with E-state index in [-0.39, 0.29) is 44.4 Å². The summed E-state index contributed by atoms with van der Waals surface area (Å²) in [7, 11) is 0. The maximum Gasteiger partial charge on any atom is 0.309 e. The minimum absolute atomic E-state index is 0.0190. The van der Waals surface area contributed by atoms with Crippen LogP contribution < -0.4 is 0 Å². The van der Waals surface area contributed by atoms with Gasteiger partial charge >= 0.3 is 29.8 Å². The molecule has 0 aliphatic heterocycles. The van der Waals surface area contributed by atoms with E-state index in [1.807, 2.05) is 20.8 Å². The molecule has 0 spiro atoms. The standard InChI is InChI=1S/C43H78O13/c1-7-11-15-19-33(45)23-31(5)24-41(50)54-37(21-17-13-9-3)26-35(47)28-42(51)56-38(22-18-14-10-4)29-39(53-32(6)44)30-43(52)55-36(20-16-12-8-2)25-34(46)27-40(48)49/h31,33-39,45-47H,7-30H2,1-6H3,(H,48,49)/t31-,33-,34-,35-,36-,37-,38-,39-/m1/s1. The Hall–Kier alpha value is -2.77. The van der Waals surface area contributed by atoms with Gasteiger partial charge in [0.15, 0.2) is 0 Å². The maximum atomic E-state index is 13.2. The molecule has 13 heteroatoms. The van der Waals surface area contributed by atoms with Crippen LogP contribution in [0.2, 0.25) is 0 Å². The van der Waals surface area contributed by atoms with E-state index in [9.17, 15) is 39.3 Å². The maximum absolute atomic E-state index is 13.2. The summed E-state index contributed by atoms with van der Waals surface area (Å²) in [4.78, 5) is 62.4. The lowest BCUT2D eigenvalue weighted by Crippen LogP contribution is -2.32. The summed E-state index contributed by atoms with van der Waals surface area (Å²) < 4.78 is 22.8. The second-order valence-electron chi connectivity index (χ2n) is 15.8. The molecule has 0 heterocycles. The average Bonchev–Trinajstić information content (AvgIpc) is 3.07. The molecule has 0 aliphatic rings. The normalized spacial score (nSPS) is 15.7. The van der Waals surface area contributed by atoms with Gasteiger partial charge in [-0.2, -0.15) is 0 Å². The van der Waals surface area contributed by atoms with E-state index in [1.54, 1.807) is 0 Å². The van der Waals surface area contributed by atoms with Gasteiger partial charge in [0.1, 0.15) is 24.4 Å². The Bertz CT molecular complexity index is 1070. The van der Waals surface area contributed by atoms with E-state index in [1.165, 1.54) is 6.92 Å². The Kier molecular flexibility index (Phi) is 31.6. The van der Waals surface area contributed by atoms with Crippen molar-refractivity contribution in [3.8, 4) is 0 Å². The van der Waals surface area contributed by atoms with Crippen molar-refractivity contribution in [3.63, 3.8) is 0 Å². The highest BCUT2D eigenvalue weighted by molar-refractivity contribution is 5.72. The van der Waals surface area contributed by atoms with Crippen molar-refractivity contribution >= 4 is 29.8 Å². The number of carbonyl (C=O) groups is 5. The van der Waals surface area contributed by atoms with Gasteiger partial charge in [0.05, 0.1) is 37.6 Å². The van der Waals surface area contributed by atoms with Crippen LogP contribution in [0.25, 0.3) is 0 Å². The first-order chi connectivity index (χ1) is 26.6. The Morgan fingerprint density at radius 3 is 1.27 bits per heavy atom. The van der Waals surface area contributed by atoms with Gasteiger partial charge in [-0.1, -0.05) is 92.4 Å². The Labute approximate surface area is 337 Å². The summed E-state index contributed by atoms with van der Waals surface area (Å²) in [5.41, 5.74) is 0. The molecular weight excluding hydrogens is 724 g/mol. The van der Waals surface area contributed by atoms with Crippen molar-refractivity contribution in [1.82, 2.24) is 0 Å². The number of aliphatic carboxylic acids is 1. The fourth-order valence-corrected chi connectivity index (χ4v) is 6.88. The van der Waals surface area contributed by atoms with E-state index in [2.05, 4.69) is 13.8 Å². The lowest BCUT2D eigenvalue weighted by atomic mass is 9.97. The predicted molar refractivity (Wildman–Crippen MR) is 214 cm³/mol. The van der Waals surface area contributed by atoms with Crippen LogP contribution in [0, 0.1) is 5.92 Å². The highest BCUT2D eigenvalue weighted by atomic mass is 16.6. The van der Waals surface area contributed by atoms with E-state index in [0.717, 1.165) is 64.2 Å². The minimum Gasteiger partial charge on any atom is -0.481 e. The van der Waals surface area contributed by atoms with Gasteiger partial charge in [-0.25, -0.2) is 0 Å². The number of aliphatic hydroxyl groups excluding tert-OH is 3. The van der Waals surface area contributed by atoms with Crippen LogP contribution in [-0.2, 0) is 42.9 Å². The lowest BCUT2D eigenvalue weighted by Gasteiger charge is -2.26. The van der Waals surface area contributed by atoms with Gasteiger partial charge in [0, 0.05) is 32.6 Å². The average molecular weight is 803 g/mol. The van der Waals surface area contributed by atoms with Crippen molar-refractivity contribution in [3.05, 3.63) is 0 Å². The molecule has 328 valence electrons. The summed E-state index contributed by atoms with van der Waals surface area (Å²) in [6.07, 6.45) is 6.56. The summed E-state index contributed by atoms with van der Waals surface area (Å²) >= 11 is 0. The molecule has 0 rings (SSSR count). The molecule has 0 aliphatic carbocycles. The molecule has 0 saturated carbocycles. The van der Waals surface area contributed by atoms with Crippen LogP contribution in [0.3, 0.4) is 0 Å². The van der Waals surface area contributed by atoms with Gasteiger partial charge in [-0.3, -0.25) is 24.0 Å². The van der Waals surface area contributed by atoms with Crippen molar-refractivity contribution in [2.24, 2.45) is 5.92 Å². The highest BCUT2D eigenvalue weighted by Crippen LogP contribution is 2.23. The second-order valence-corrected chi connectivity index (χ2v) is 15.8. The van der Waals surface area contributed by atoms with Gasteiger partial charge < -0.3 is 39.4 Å². The van der Waals surface area contributed by atoms with Gasteiger partial charge in [-0.05, 0) is 57.3 Å². The first kappa shape index (κ1) is 53.2. The smallest absolute Gasteiger partial charge is 0.309 e. The molecule has 0 fully saturated rings. The molecule has 13 nitrogen and oxygen atoms in total. The summed E-state index contributed by atoms with van der Waals surface area (Å²) in [6, 6.07) is 0. The van der Waals surface area contributed by atoms with Gasteiger partial charge in [0.2, 0.25) is 0 Å². The van der Waals surface area contributed by atoms with E-state index in [0.29, 0.717) is 44.9 Å². The Morgan fingerprint density at radius 2 is 0.839 bits per heavy atom. The van der Waals surface area contributed by atoms with Crippen LogP contribution in [-0.4, -0.2) is 93.0 Å². The number of carboxylic acid groups (broad SMARTS) is 1. The van der Waals surface area contributed by atoms with Crippen molar-refractivity contribution in [2.45, 2.75) is 238 Å². The summed E-state index contributed by atoms with van der Waals surface area (Å²) in [5, 5.41) is 40.6. The quantitative estimate of drug-likeness (QED) is 0.0271. The molecule has 0 aromatic carbocycles. The van der Waals surface area contributed by atoms with E-state index in [4.69, 9.17) is 24.1 Å². The third kappa shape index (κ3) is 30.4. The summed E-state index contributed by atoms with van der Waals surface area (Å²) in [6.45, 7) is 11.3. The fourth-order valence-electron chi connectivity index (χ4n) is 6.88. The molecule has 0 aromatic rings. The number of aliphatic hydroxyl groups is 3. The molecule has 0 radical (unpaired) electrons. The van der Waals surface area contributed by atoms with Crippen LogP contribution in [0.5, 0.6) is 0 Å². The molecule has 0 unspecified atom stereocenters. The molecule has 0 bridgehead atoms. The zero-order valence-electron chi connectivity index (χ0n) is 35.6. The Morgan fingerprint density at radius 1 is 0.446 bits per heavy atom. The van der Waals surface area contributed by atoms with Crippen LogP contribution in [0.1, 0.15) is 196 Å². The van der Waals surface area contributed by atoms with Crippen molar-refractivity contribution < 1.29 is 63.3 Å². The van der Waals surface area contributed by atoms with Gasteiger partial charge in [0.25, 0.3) is 0 Å². The topological polar surface area (TPSA) is 203 Å². The number of ether oxygens (including phenoxy) is 4. The number of carboxylic acids is 1. The lowest BCUT2D eigenvalue weighted by molar-refractivity contribution is -0.161. The fraction of sp³-hybridized carbons (Fsp3) is 0.884. The largest absolute Gasteiger partial charge is 0.481 e. The van der Waals surface area contributed by atoms with E-state index < -0.39 is 79.0 Å². The van der Waals surface area contributed by atoms with Gasteiger partial charge in [-0.15, -0.1) is 0 Å². The van der Waals surface area contributed by atoms with E-state index >= 15 is 0 Å². The molecule has 4 N–H and O–H groups in total. The molecule has 0 saturated heterocycles. The number of rotatable bonds is 36. The number of carbonyl (C=O) groups excluding carboxylic acids is 4. The third-order valence-electron chi connectivity index (χ3n) is 9.75. The number of hydrogen-bond acceptors (Lipinski definition) is 12. The van der Waals surface area contributed by atoms with Crippen molar-refractivity contribution in [1.29, 1.82) is 0 Å². The molecule has 56 heavy (non-hydrogen) atoms. The minimum atomic E-state index is -1.19. The number of unbranched alkanes of at least 4 members (excludes halogenated alkanes) is 8. The first-order valence-corrected chi connectivity index (χ1v) is 21.6. The van der Waals surface area contributed by atoms with Crippen LogP contribution >= 0.6 is 0 Å². The predicted octanol–water partition coefficient (Wildman–Crippen LogP) is 7.90.